The quantitative estimate of drug-likeness (QED) is 0.586. The molecule has 202 valence electrons. The highest BCUT2D eigenvalue weighted by Gasteiger charge is 2.55. The Kier molecular flexibility index (Phi) is 6.72. The predicted octanol–water partition coefficient (Wildman–Crippen LogP) is 5.35. The Hall–Kier alpha value is -2.33. The largest absolute Gasteiger partial charge is 0.490 e. The number of carbonyl (C=O) groups is 1. The summed E-state index contributed by atoms with van der Waals surface area (Å²) in [6.45, 7) is 2.89. The van der Waals surface area contributed by atoms with Crippen LogP contribution in [0.25, 0.3) is 0 Å². The molecule has 0 unspecified atom stereocenters. The van der Waals surface area contributed by atoms with Crippen molar-refractivity contribution in [3.05, 3.63) is 65.2 Å². The second kappa shape index (κ2) is 10.3. The highest BCUT2D eigenvalue weighted by molar-refractivity contribution is 5.82. The third kappa shape index (κ3) is 4.47. The molecular formula is C34H45N2O2+. The lowest BCUT2D eigenvalue weighted by atomic mass is 9.63. The van der Waals surface area contributed by atoms with Crippen molar-refractivity contribution in [1.29, 1.82) is 0 Å². The van der Waals surface area contributed by atoms with E-state index < -0.39 is 0 Å². The Bertz CT molecular complexity index is 1140. The van der Waals surface area contributed by atoms with E-state index >= 15 is 0 Å². The number of nitrogens with zero attached hydrogens (tertiary/aromatic N) is 1. The Balaban J connectivity index is 1.19. The average Bonchev–Trinajstić information content (AvgIpc) is 3.71. The molecule has 2 N–H and O–H groups in total. The molecule has 2 saturated heterocycles. The van der Waals surface area contributed by atoms with Crippen LogP contribution in [0.5, 0.6) is 5.75 Å². The lowest BCUT2D eigenvalue weighted by molar-refractivity contribution is -0.640. The maximum atomic E-state index is 14.7. The van der Waals surface area contributed by atoms with Crippen LogP contribution in [-0.2, 0) is 16.6 Å². The summed E-state index contributed by atoms with van der Waals surface area (Å²) in [5, 5.41) is 2.44. The van der Waals surface area contributed by atoms with E-state index in [-0.39, 0.29) is 11.3 Å². The molecule has 1 spiro atoms. The number of piperidine rings is 1. The van der Waals surface area contributed by atoms with E-state index in [0.29, 0.717) is 29.9 Å². The van der Waals surface area contributed by atoms with Gasteiger partial charge in [-0.15, -0.1) is 0 Å². The molecule has 2 aromatic carbocycles. The van der Waals surface area contributed by atoms with E-state index in [4.69, 9.17) is 4.74 Å². The summed E-state index contributed by atoms with van der Waals surface area (Å²) in [5.74, 6) is 2.89. The molecule has 1 amide bonds. The van der Waals surface area contributed by atoms with E-state index in [2.05, 4.69) is 58.7 Å². The standard InChI is InChI=1S/C34H44N2O2/c37-33(36-20-18-26(24-9-3-1-4-10-24)21-31(36)25-11-5-2-6-12-25)30-22-35-23-34(30)19-8-13-28-29(34)14-7-15-32(28)38-27-16-17-27/h1,3-4,7,9-10,14-15,25-27,30-31,35H,2,5-6,8,11-13,16-23H2/p+1/t26-,30+,31+,34+/m1/s1. The van der Waals surface area contributed by atoms with Crippen molar-refractivity contribution in [3.8, 4) is 5.75 Å². The molecule has 5 aliphatic rings. The smallest absolute Gasteiger partial charge is 0.232 e. The van der Waals surface area contributed by atoms with Crippen LogP contribution in [-0.4, -0.2) is 42.6 Å². The van der Waals surface area contributed by atoms with Gasteiger partial charge in [0.1, 0.15) is 11.7 Å². The van der Waals surface area contributed by atoms with Crippen LogP contribution in [0.3, 0.4) is 0 Å². The molecule has 0 radical (unpaired) electrons. The van der Waals surface area contributed by atoms with Gasteiger partial charge in [-0.1, -0.05) is 61.7 Å². The van der Waals surface area contributed by atoms with Crippen LogP contribution < -0.4 is 10.1 Å². The van der Waals surface area contributed by atoms with E-state index in [1.165, 1.54) is 61.6 Å². The molecule has 0 bridgehead atoms. The lowest BCUT2D eigenvalue weighted by Crippen LogP contribution is -2.82. The van der Waals surface area contributed by atoms with E-state index in [0.717, 1.165) is 57.5 Å². The average molecular weight is 514 g/mol. The number of rotatable bonds is 5. The van der Waals surface area contributed by atoms with Gasteiger partial charge in [-0.25, -0.2) is 0 Å². The molecule has 2 heterocycles. The van der Waals surface area contributed by atoms with Gasteiger partial charge in [0.05, 0.1) is 24.6 Å². The van der Waals surface area contributed by atoms with Gasteiger partial charge in [0.25, 0.3) is 0 Å². The monoisotopic (exact) mass is 513 g/mol. The first-order valence-corrected chi connectivity index (χ1v) is 15.7. The van der Waals surface area contributed by atoms with Crippen LogP contribution in [0.1, 0.15) is 93.2 Å². The van der Waals surface area contributed by atoms with Crippen molar-refractivity contribution >= 4 is 5.91 Å². The maximum Gasteiger partial charge on any atom is 0.232 e. The molecule has 2 saturated carbocycles. The van der Waals surface area contributed by atoms with Crippen molar-refractivity contribution < 1.29 is 14.8 Å². The Labute approximate surface area is 228 Å². The number of carbonyl (C=O) groups excluding carboxylic acids is 1. The lowest BCUT2D eigenvalue weighted by Gasteiger charge is -2.47. The fourth-order valence-corrected chi connectivity index (χ4v) is 8.73. The number of hydrogen-bond acceptors (Lipinski definition) is 2. The van der Waals surface area contributed by atoms with Crippen molar-refractivity contribution in [3.63, 3.8) is 0 Å². The number of hydrogen-bond donors (Lipinski definition) is 1. The SMILES string of the molecule is O=C([C@@H]1C[NH2+]C[C@]12CCCc1c(OC3CC3)cccc12)N1CC[C@@H](c2ccccc2)C[C@H]1C1CCCCC1. The number of quaternary nitrogens is 1. The van der Waals surface area contributed by atoms with Gasteiger partial charge in [0.2, 0.25) is 5.91 Å². The second-order valence-electron chi connectivity index (χ2n) is 13.0. The molecule has 4 heteroatoms. The third-order valence-corrected chi connectivity index (χ3v) is 10.8. The zero-order chi connectivity index (χ0) is 25.5. The van der Waals surface area contributed by atoms with Crippen molar-refractivity contribution in [2.24, 2.45) is 11.8 Å². The van der Waals surface area contributed by atoms with Crippen LogP contribution in [0, 0.1) is 11.8 Å². The molecule has 3 aliphatic carbocycles. The Morgan fingerprint density at radius 1 is 0.921 bits per heavy atom. The first-order chi connectivity index (χ1) is 18.7. The van der Waals surface area contributed by atoms with Crippen molar-refractivity contribution in [1.82, 2.24) is 4.90 Å². The Morgan fingerprint density at radius 3 is 2.58 bits per heavy atom. The summed E-state index contributed by atoms with van der Waals surface area (Å²) >= 11 is 0. The van der Waals surface area contributed by atoms with E-state index in [1.807, 2.05) is 0 Å². The van der Waals surface area contributed by atoms with Gasteiger partial charge in [0.15, 0.2) is 0 Å². The summed E-state index contributed by atoms with van der Waals surface area (Å²) < 4.78 is 6.38. The molecule has 38 heavy (non-hydrogen) atoms. The Morgan fingerprint density at radius 2 is 1.76 bits per heavy atom. The molecule has 4 fully saturated rings. The first-order valence-electron chi connectivity index (χ1n) is 15.7. The van der Waals surface area contributed by atoms with Gasteiger partial charge in [0, 0.05) is 12.6 Å². The topological polar surface area (TPSA) is 46.1 Å². The van der Waals surface area contributed by atoms with Gasteiger partial charge in [-0.2, -0.15) is 0 Å². The highest BCUT2D eigenvalue weighted by atomic mass is 16.5. The van der Waals surface area contributed by atoms with Crippen LogP contribution in [0.4, 0.5) is 0 Å². The summed E-state index contributed by atoms with van der Waals surface area (Å²) in [7, 11) is 0. The van der Waals surface area contributed by atoms with Gasteiger partial charge in [-0.3, -0.25) is 4.79 Å². The van der Waals surface area contributed by atoms with Crippen LogP contribution >= 0.6 is 0 Å². The minimum atomic E-state index is -0.0407. The minimum absolute atomic E-state index is 0.0407. The minimum Gasteiger partial charge on any atom is -0.490 e. The summed E-state index contributed by atoms with van der Waals surface area (Å²) in [6, 6.07) is 18.2. The fourth-order valence-electron chi connectivity index (χ4n) is 8.73. The second-order valence-corrected chi connectivity index (χ2v) is 13.0. The van der Waals surface area contributed by atoms with Gasteiger partial charge >= 0.3 is 0 Å². The molecule has 0 aromatic heterocycles. The molecule has 2 aromatic rings. The number of fused-ring (bicyclic) bond motifs is 2. The molecule has 2 aliphatic heterocycles. The maximum absolute atomic E-state index is 14.7. The number of benzene rings is 2. The molecular weight excluding hydrogens is 468 g/mol. The molecule has 7 rings (SSSR count). The number of nitrogens with two attached hydrogens (primary N) is 1. The van der Waals surface area contributed by atoms with E-state index in [9.17, 15) is 4.79 Å². The van der Waals surface area contributed by atoms with Gasteiger partial charge < -0.3 is 15.0 Å². The molecule has 4 atom stereocenters. The highest BCUT2D eigenvalue weighted by Crippen LogP contribution is 2.48. The number of amides is 1. The van der Waals surface area contributed by atoms with E-state index in [1.54, 1.807) is 0 Å². The van der Waals surface area contributed by atoms with Crippen LogP contribution in [0.2, 0.25) is 0 Å². The summed E-state index contributed by atoms with van der Waals surface area (Å²) in [6.07, 6.45) is 15.0. The summed E-state index contributed by atoms with van der Waals surface area (Å²) in [4.78, 5) is 17.1. The van der Waals surface area contributed by atoms with Crippen LogP contribution in [0.15, 0.2) is 48.5 Å². The number of ether oxygens (including phenoxy) is 1. The third-order valence-electron chi connectivity index (χ3n) is 10.8. The summed E-state index contributed by atoms with van der Waals surface area (Å²) in [5.41, 5.74) is 4.27. The fraction of sp³-hybridized carbons (Fsp3) is 0.618. The number of likely N-dealkylation sites (tertiary alicyclic amines) is 1. The zero-order valence-electron chi connectivity index (χ0n) is 23.0. The first kappa shape index (κ1) is 24.7. The normalized spacial score (nSPS) is 31.8. The van der Waals surface area contributed by atoms with Gasteiger partial charge in [-0.05, 0) is 92.4 Å². The van der Waals surface area contributed by atoms with Crippen molar-refractivity contribution in [2.75, 3.05) is 19.6 Å². The molecule has 4 nitrogen and oxygen atoms in total. The predicted molar refractivity (Wildman–Crippen MR) is 150 cm³/mol. The van der Waals surface area contributed by atoms with Crippen molar-refractivity contribution in [2.45, 2.75) is 101 Å². The zero-order valence-corrected chi connectivity index (χ0v) is 23.0.